The van der Waals surface area contributed by atoms with E-state index < -0.39 is 0 Å². The largest absolute Gasteiger partial charge is 0.392 e. The molecule has 3 rings (SSSR count). The number of aliphatic hydroxyl groups is 2. The topological polar surface area (TPSA) is 66.2 Å². The Bertz CT molecular complexity index is 737. The zero-order valence-electron chi connectivity index (χ0n) is 12.3. The zero-order chi connectivity index (χ0) is 16.2. The minimum Gasteiger partial charge on any atom is -0.392 e. The van der Waals surface area contributed by atoms with Gasteiger partial charge in [0, 0.05) is 11.1 Å². The Morgan fingerprint density at radius 1 is 0.696 bits per heavy atom. The van der Waals surface area contributed by atoms with Crippen molar-refractivity contribution in [2.45, 2.75) is 13.2 Å². The van der Waals surface area contributed by atoms with Gasteiger partial charge in [-0.05, 0) is 33.1 Å². The number of aliphatic hydroxyl groups excluding tert-OH is 2. The lowest BCUT2D eigenvalue weighted by Crippen LogP contribution is -1.93. The summed E-state index contributed by atoms with van der Waals surface area (Å²) in [6.45, 7) is 0.0480. The van der Waals surface area contributed by atoms with E-state index in [2.05, 4.69) is 25.9 Å². The van der Waals surface area contributed by atoms with Crippen LogP contribution in [-0.4, -0.2) is 20.2 Å². The van der Waals surface area contributed by atoms with Crippen LogP contribution in [0.1, 0.15) is 11.1 Å². The molecule has 23 heavy (non-hydrogen) atoms. The maximum atomic E-state index is 9.13. The molecule has 116 valence electrons. The van der Waals surface area contributed by atoms with Gasteiger partial charge in [0.2, 0.25) is 0 Å². The van der Waals surface area contributed by atoms with Gasteiger partial charge in [0.05, 0.1) is 24.6 Å². The van der Waals surface area contributed by atoms with E-state index in [-0.39, 0.29) is 13.2 Å². The highest BCUT2D eigenvalue weighted by Gasteiger charge is 2.07. The van der Waals surface area contributed by atoms with Gasteiger partial charge in [0.1, 0.15) is 0 Å². The van der Waals surface area contributed by atoms with Crippen molar-refractivity contribution < 1.29 is 10.2 Å². The molecule has 1 aromatic heterocycles. The monoisotopic (exact) mass is 370 g/mol. The molecule has 0 unspecified atom stereocenters. The Morgan fingerprint density at radius 2 is 1.09 bits per heavy atom. The molecule has 0 aliphatic carbocycles. The number of hydrogen-bond acceptors (Lipinski definition) is 4. The molecule has 0 saturated heterocycles. The van der Waals surface area contributed by atoms with Crippen LogP contribution in [-0.2, 0) is 13.2 Å². The molecule has 0 fully saturated rings. The van der Waals surface area contributed by atoms with Crippen LogP contribution < -0.4 is 0 Å². The van der Waals surface area contributed by atoms with E-state index in [1.807, 2.05) is 54.6 Å². The van der Waals surface area contributed by atoms with Crippen molar-refractivity contribution in [1.82, 2.24) is 9.97 Å². The van der Waals surface area contributed by atoms with Crippen LogP contribution in [0.2, 0.25) is 0 Å². The lowest BCUT2D eigenvalue weighted by Gasteiger charge is -2.07. The van der Waals surface area contributed by atoms with E-state index in [9.17, 15) is 0 Å². The molecule has 3 aromatic rings. The molecule has 0 atom stereocenters. The third-order valence-corrected chi connectivity index (χ3v) is 3.92. The summed E-state index contributed by atoms with van der Waals surface area (Å²) in [5.74, 6) is 0. The Hall–Kier alpha value is -2.08. The van der Waals surface area contributed by atoms with Crippen LogP contribution in [0.4, 0.5) is 0 Å². The maximum Gasteiger partial charge on any atom is 0.197 e. The predicted octanol–water partition coefficient (Wildman–Crippen LogP) is 3.56. The summed E-state index contributed by atoms with van der Waals surface area (Å²) in [7, 11) is 0. The van der Waals surface area contributed by atoms with E-state index in [1.165, 1.54) is 0 Å². The van der Waals surface area contributed by atoms with Crippen molar-refractivity contribution >= 4 is 15.9 Å². The molecule has 2 aromatic carbocycles. The van der Waals surface area contributed by atoms with Crippen molar-refractivity contribution in [2.24, 2.45) is 0 Å². The molecule has 0 aliphatic rings. The van der Waals surface area contributed by atoms with Gasteiger partial charge in [0.15, 0.2) is 4.73 Å². The van der Waals surface area contributed by atoms with E-state index in [1.54, 1.807) is 0 Å². The number of halogens is 1. The second-order valence-electron chi connectivity index (χ2n) is 5.12. The molecular formula is C18H15BrN2O2. The maximum absolute atomic E-state index is 9.13. The van der Waals surface area contributed by atoms with Crippen LogP contribution in [0.5, 0.6) is 0 Å². The van der Waals surface area contributed by atoms with Crippen molar-refractivity contribution in [2.75, 3.05) is 0 Å². The minimum absolute atomic E-state index is 0.0240. The van der Waals surface area contributed by atoms with Gasteiger partial charge in [0.25, 0.3) is 0 Å². The summed E-state index contributed by atoms with van der Waals surface area (Å²) in [6, 6.07) is 17.1. The molecule has 4 nitrogen and oxygen atoms in total. The lowest BCUT2D eigenvalue weighted by molar-refractivity contribution is 0.281. The zero-order valence-corrected chi connectivity index (χ0v) is 13.9. The van der Waals surface area contributed by atoms with E-state index in [0.717, 1.165) is 33.6 Å². The standard InChI is InChI=1S/C18H15BrN2O2/c19-18-20-16(14-5-1-12(10-22)2-6-14)9-17(21-18)15-7-3-13(11-23)4-8-15/h1-9,22-23H,10-11H2. The van der Waals surface area contributed by atoms with Crippen molar-refractivity contribution in [3.63, 3.8) is 0 Å². The van der Waals surface area contributed by atoms with E-state index in [0.29, 0.717) is 4.73 Å². The highest BCUT2D eigenvalue weighted by molar-refractivity contribution is 9.10. The molecule has 0 amide bonds. The normalized spacial score (nSPS) is 10.7. The number of aromatic nitrogens is 2. The van der Waals surface area contributed by atoms with E-state index in [4.69, 9.17) is 10.2 Å². The van der Waals surface area contributed by atoms with Crippen LogP contribution >= 0.6 is 15.9 Å². The Labute approximate surface area is 142 Å². The number of rotatable bonds is 4. The molecule has 0 saturated carbocycles. The van der Waals surface area contributed by atoms with E-state index >= 15 is 0 Å². The molecule has 0 spiro atoms. The number of hydrogen-bond donors (Lipinski definition) is 2. The van der Waals surface area contributed by atoms with Gasteiger partial charge in [-0.25, -0.2) is 9.97 Å². The van der Waals surface area contributed by atoms with Gasteiger partial charge in [-0.15, -0.1) is 0 Å². The first-order chi connectivity index (χ1) is 11.2. The third kappa shape index (κ3) is 3.64. The van der Waals surface area contributed by atoms with Gasteiger partial charge in [-0.1, -0.05) is 48.5 Å². The summed E-state index contributed by atoms with van der Waals surface area (Å²) in [5.41, 5.74) is 5.25. The summed E-state index contributed by atoms with van der Waals surface area (Å²) >= 11 is 3.36. The van der Waals surface area contributed by atoms with Crippen molar-refractivity contribution in [3.05, 3.63) is 70.5 Å². The van der Waals surface area contributed by atoms with Crippen LogP contribution in [0.25, 0.3) is 22.5 Å². The quantitative estimate of drug-likeness (QED) is 0.689. The first-order valence-electron chi connectivity index (χ1n) is 7.14. The van der Waals surface area contributed by atoms with Crippen LogP contribution in [0.15, 0.2) is 59.3 Å². The van der Waals surface area contributed by atoms with Gasteiger partial charge < -0.3 is 10.2 Å². The predicted molar refractivity (Wildman–Crippen MR) is 92.4 cm³/mol. The fourth-order valence-electron chi connectivity index (χ4n) is 2.28. The number of benzene rings is 2. The summed E-state index contributed by atoms with van der Waals surface area (Å²) in [5, 5.41) is 18.3. The Kier molecular flexibility index (Phi) is 4.81. The minimum atomic E-state index is 0.0240. The molecule has 2 N–H and O–H groups in total. The van der Waals surface area contributed by atoms with Gasteiger partial charge >= 0.3 is 0 Å². The van der Waals surface area contributed by atoms with Gasteiger partial charge in [-0.3, -0.25) is 0 Å². The Morgan fingerprint density at radius 3 is 1.43 bits per heavy atom. The second-order valence-corrected chi connectivity index (χ2v) is 5.83. The lowest BCUT2D eigenvalue weighted by atomic mass is 10.1. The SMILES string of the molecule is OCc1ccc(-c2cc(-c3ccc(CO)cc3)nc(Br)n2)cc1. The first kappa shape index (κ1) is 15.8. The average Bonchev–Trinajstić information content (AvgIpc) is 2.61. The smallest absolute Gasteiger partial charge is 0.197 e. The summed E-state index contributed by atoms with van der Waals surface area (Å²) in [4.78, 5) is 8.84. The molecular weight excluding hydrogens is 356 g/mol. The summed E-state index contributed by atoms with van der Waals surface area (Å²) < 4.78 is 0.516. The number of nitrogens with zero attached hydrogens (tertiary/aromatic N) is 2. The van der Waals surface area contributed by atoms with Crippen LogP contribution in [0, 0.1) is 0 Å². The fraction of sp³-hybridized carbons (Fsp3) is 0.111. The second kappa shape index (κ2) is 7.00. The molecule has 0 aliphatic heterocycles. The summed E-state index contributed by atoms with van der Waals surface area (Å²) in [6.07, 6.45) is 0. The molecule has 0 radical (unpaired) electrons. The first-order valence-corrected chi connectivity index (χ1v) is 7.94. The molecule has 0 bridgehead atoms. The van der Waals surface area contributed by atoms with Crippen molar-refractivity contribution in [1.29, 1.82) is 0 Å². The third-order valence-electron chi connectivity index (χ3n) is 3.56. The highest BCUT2D eigenvalue weighted by Crippen LogP contribution is 2.26. The average molecular weight is 371 g/mol. The molecule has 5 heteroatoms. The van der Waals surface area contributed by atoms with Crippen LogP contribution in [0.3, 0.4) is 0 Å². The molecule has 1 heterocycles. The van der Waals surface area contributed by atoms with Crippen molar-refractivity contribution in [3.8, 4) is 22.5 Å². The Balaban J connectivity index is 2.00. The van der Waals surface area contributed by atoms with Gasteiger partial charge in [-0.2, -0.15) is 0 Å². The fourth-order valence-corrected chi connectivity index (χ4v) is 2.66. The highest BCUT2D eigenvalue weighted by atomic mass is 79.9.